The Hall–Kier alpha value is -5.24. The van der Waals surface area contributed by atoms with Crippen molar-refractivity contribution in [3.05, 3.63) is 93.1 Å². The first-order chi connectivity index (χ1) is 23.0. The van der Waals surface area contributed by atoms with Crippen LogP contribution in [0.3, 0.4) is 0 Å². The minimum atomic E-state index is -0.696. The molecule has 0 unspecified atom stereocenters. The fourth-order valence-electron chi connectivity index (χ4n) is 5.60. The molecular weight excluding hydrogens is 636 g/mol. The van der Waals surface area contributed by atoms with E-state index in [4.69, 9.17) is 13.9 Å². The summed E-state index contributed by atoms with van der Waals surface area (Å²) in [5.74, 6) is -0.620. The van der Waals surface area contributed by atoms with E-state index in [-0.39, 0.29) is 54.4 Å². The van der Waals surface area contributed by atoms with E-state index in [1.165, 1.54) is 16.2 Å². The summed E-state index contributed by atoms with van der Waals surface area (Å²) in [6.07, 6.45) is 0.371. The zero-order valence-corrected chi connectivity index (χ0v) is 27.8. The van der Waals surface area contributed by atoms with Crippen LogP contribution in [0.5, 0.6) is 11.5 Å². The van der Waals surface area contributed by atoms with Gasteiger partial charge in [-0.1, -0.05) is 44.2 Å². The third kappa shape index (κ3) is 7.18. The molecule has 2 aromatic heterocycles. The van der Waals surface area contributed by atoms with Crippen LogP contribution in [0.15, 0.2) is 58.3 Å². The van der Waals surface area contributed by atoms with Gasteiger partial charge in [0.25, 0.3) is 17.7 Å². The van der Waals surface area contributed by atoms with Gasteiger partial charge in [-0.15, -0.1) is 11.3 Å². The number of aromatic nitrogens is 2. The lowest BCUT2D eigenvalue weighted by atomic mass is 10.0. The molecule has 4 heterocycles. The van der Waals surface area contributed by atoms with Crippen molar-refractivity contribution < 1.29 is 33.1 Å². The highest BCUT2D eigenvalue weighted by atomic mass is 32.1. The fraction of sp³-hybridized carbons (Fsp3) is 0.353. The second-order valence-electron chi connectivity index (χ2n) is 12.1. The average Bonchev–Trinajstić information content (AvgIpc) is 3.82. The van der Waals surface area contributed by atoms with Gasteiger partial charge in [0, 0.05) is 17.5 Å². The van der Waals surface area contributed by atoms with Gasteiger partial charge < -0.3 is 34.7 Å². The Kier molecular flexibility index (Phi) is 9.44. The Morgan fingerprint density at radius 3 is 2.54 bits per heavy atom. The van der Waals surface area contributed by atoms with E-state index in [1.807, 2.05) is 44.2 Å². The summed E-state index contributed by atoms with van der Waals surface area (Å²) in [7, 11) is 0. The number of fused-ring (bicyclic) bond motifs is 5. The quantitative estimate of drug-likeness (QED) is 0.291. The Balaban J connectivity index is 1.39. The molecule has 2 aliphatic rings. The van der Waals surface area contributed by atoms with Crippen molar-refractivity contribution in [2.45, 2.75) is 52.2 Å². The molecule has 250 valence electrons. The molecule has 48 heavy (non-hydrogen) atoms. The van der Waals surface area contributed by atoms with Crippen LogP contribution in [-0.2, 0) is 11.2 Å². The van der Waals surface area contributed by atoms with Crippen molar-refractivity contribution in [1.82, 2.24) is 30.8 Å². The number of aryl methyl sites for hydroxylation is 1. The minimum absolute atomic E-state index is 0.000608. The number of rotatable bonds is 4. The number of nitrogens with zero attached hydrogens (tertiary/aromatic N) is 3. The lowest BCUT2D eigenvalue weighted by molar-refractivity contribution is -0.123. The van der Waals surface area contributed by atoms with Crippen LogP contribution < -0.4 is 25.4 Å². The summed E-state index contributed by atoms with van der Waals surface area (Å²) < 4.78 is 16.8. The van der Waals surface area contributed by atoms with E-state index in [0.29, 0.717) is 22.9 Å². The lowest BCUT2D eigenvalue weighted by Gasteiger charge is -2.29. The van der Waals surface area contributed by atoms with E-state index in [1.54, 1.807) is 37.4 Å². The molecule has 4 aromatic rings. The van der Waals surface area contributed by atoms with Crippen LogP contribution in [0.25, 0.3) is 0 Å². The van der Waals surface area contributed by atoms with Crippen molar-refractivity contribution in [2.75, 3.05) is 19.9 Å². The molecule has 0 aliphatic carbocycles. The van der Waals surface area contributed by atoms with Crippen molar-refractivity contribution >= 4 is 35.0 Å². The van der Waals surface area contributed by atoms with Gasteiger partial charge in [0.05, 0.1) is 18.6 Å². The summed E-state index contributed by atoms with van der Waals surface area (Å²) >= 11 is 1.24. The molecule has 3 atom stereocenters. The van der Waals surface area contributed by atoms with E-state index < -0.39 is 41.8 Å². The first-order valence-corrected chi connectivity index (χ1v) is 16.5. The Labute approximate surface area is 281 Å². The van der Waals surface area contributed by atoms with E-state index in [9.17, 15) is 19.2 Å². The smallest absolute Gasteiger partial charge is 0.274 e. The highest BCUT2D eigenvalue weighted by Crippen LogP contribution is 2.33. The van der Waals surface area contributed by atoms with Crippen LogP contribution in [0, 0.1) is 12.8 Å². The van der Waals surface area contributed by atoms with Crippen molar-refractivity contribution in [3.63, 3.8) is 0 Å². The Morgan fingerprint density at radius 2 is 1.77 bits per heavy atom. The van der Waals surface area contributed by atoms with E-state index in [0.717, 1.165) is 5.56 Å². The van der Waals surface area contributed by atoms with Gasteiger partial charge in [-0.3, -0.25) is 19.2 Å². The van der Waals surface area contributed by atoms with Crippen LogP contribution in [0.2, 0.25) is 0 Å². The number of hydrogen-bond acceptors (Lipinski definition) is 10. The lowest BCUT2D eigenvalue weighted by Crippen LogP contribution is -2.50. The third-order valence-electron chi connectivity index (χ3n) is 8.09. The minimum Gasteiger partial charge on any atom is -0.454 e. The van der Waals surface area contributed by atoms with E-state index >= 15 is 0 Å². The predicted octanol–water partition coefficient (Wildman–Crippen LogP) is 3.97. The molecule has 14 heteroatoms. The average molecular weight is 673 g/mol. The number of oxazole rings is 1. The predicted molar refractivity (Wildman–Crippen MR) is 175 cm³/mol. The molecule has 3 N–H and O–H groups in total. The maximum Gasteiger partial charge on any atom is 0.274 e. The van der Waals surface area contributed by atoms with Gasteiger partial charge in [0.15, 0.2) is 17.2 Å². The zero-order chi connectivity index (χ0) is 33.9. The zero-order valence-electron chi connectivity index (χ0n) is 26.9. The molecule has 2 aromatic carbocycles. The van der Waals surface area contributed by atoms with Crippen molar-refractivity contribution in [1.29, 1.82) is 0 Å². The first kappa shape index (κ1) is 32.7. The largest absolute Gasteiger partial charge is 0.454 e. The van der Waals surface area contributed by atoms with Crippen LogP contribution >= 0.6 is 11.3 Å². The molecule has 2 aliphatic heterocycles. The second kappa shape index (κ2) is 13.9. The topological polar surface area (TPSA) is 165 Å². The molecule has 0 radical (unpaired) electrons. The highest BCUT2D eigenvalue weighted by Gasteiger charge is 2.31. The summed E-state index contributed by atoms with van der Waals surface area (Å²) in [5, 5.41) is 11.0. The van der Waals surface area contributed by atoms with Gasteiger partial charge in [-0.2, -0.15) is 0 Å². The molecule has 0 fully saturated rings. The van der Waals surface area contributed by atoms with Crippen LogP contribution in [-0.4, -0.2) is 64.4 Å². The maximum absolute atomic E-state index is 14.1. The molecule has 0 spiro atoms. The summed E-state index contributed by atoms with van der Waals surface area (Å²) in [4.78, 5) is 65.1. The standard InChI is InChI=1S/C34H36N6O7S/c1-18(2)28-32-39-29(20(4)47-32)31(43)35-19(3)33-37-24(16-48-33)30(42)36-23(12-21-8-6-5-7-9-21)14-40(15-27(41)38-28)34(44)22-10-11-25-26(13-22)46-17-45-25/h5-11,13,16,18-19,23,28H,12,14-15,17H2,1-4H3,(H,35,43)(H,36,42)(H,38,41)/t19-,23-,28+/m1/s1. The number of carbonyl (C=O) groups excluding carboxylic acids is 4. The van der Waals surface area contributed by atoms with Crippen LogP contribution in [0.4, 0.5) is 0 Å². The van der Waals surface area contributed by atoms with Gasteiger partial charge in [-0.05, 0) is 49.9 Å². The molecular formula is C34H36N6O7S. The van der Waals surface area contributed by atoms with E-state index in [2.05, 4.69) is 25.9 Å². The monoisotopic (exact) mass is 672 g/mol. The van der Waals surface area contributed by atoms with Gasteiger partial charge >= 0.3 is 0 Å². The Morgan fingerprint density at radius 1 is 1.00 bits per heavy atom. The third-order valence-corrected chi connectivity index (χ3v) is 9.12. The number of benzene rings is 2. The fourth-order valence-corrected chi connectivity index (χ4v) is 6.41. The number of carbonyl (C=O) groups is 4. The van der Waals surface area contributed by atoms with Crippen molar-refractivity contribution in [2.24, 2.45) is 5.92 Å². The number of hydrogen-bond donors (Lipinski definition) is 3. The Bertz CT molecular complexity index is 1840. The van der Waals surface area contributed by atoms with Gasteiger partial charge in [0.2, 0.25) is 18.6 Å². The second-order valence-corrected chi connectivity index (χ2v) is 13.0. The van der Waals surface area contributed by atoms with Gasteiger partial charge in [0.1, 0.15) is 22.5 Å². The molecule has 0 saturated heterocycles. The SMILES string of the molecule is Cc1oc2nc1C(=O)N[C@H](C)c1nc(cs1)C(=O)N[C@H](Cc1ccccc1)CN(C(=O)c1ccc3c(c1)OCO3)CC(=O)N[C@H]2C(C)C. The molecule has 4 bridgehead atoms. The normalized spacial score (nSPS) is 20.1. The summed E-state index contributed by atoms with van der Waals surface area (Å²) in [5.41, 5.74) is 1.46. The number of thiazole rings is 1. The highest BCUT2D eigenvalue weighted by molar-refractivity contribution is 7.09. The van der Waals surface area contributed by atoms with Crippen molar-refractivity contribution in [3.8, 4) is 11.5 Å². The van der Waals surface area contributed by atoms with Gasteiger partial charge in [-0.25, -0.2) is 9.97 Å². The summed E-state index contributed by atoms with van der Waals surface area (Å²) in [6, 6.07) is 12.6. The number of amides is 4. The molecule has 4 amide bonds. The first-order valence-electron chi connectivity index (χ1n) is 15.6. The molecule has 0 saturated carbocycles. The number of nitrogens with one attached hydrogen (secondary N) is 3. The molecule has 6 rings (SSSR count). The summed E-state index contributed by atoms with van der Waals surface area (Å²) in [6.45, 7) is 6.87. The number of ether oxygens (including phenoxy) is 2. The van der Waals surface area contributed by atoms with Crippen LogP contribution in [0.1, 0.15) is 86.4 Å². The maximum atomic E-state index is 14.1. The molecule has 13 nitrogen and oxygen atoms in total.